The molecule has 1 aliphatic heterocycles. The molecule has 0 aromatic carbocycles. The van der Waals surface area contributed by atoms with Gasteiger partial charge in [-0.05, 0) is 13.0 Å². The number of alkyl halides is 1. The van der Waals surface area contributed by atoms with Crippen molar-refractivity contribution < 1.29 is 4.39 Å². The fraction of sp³-hybridized carbons (Fsp3) is 0.700. The summed E-state index contributed by atoms with van der Waals surface area (Å²) in [5, 5.41) is 4.07. The number of nitrogen functional groups attached to an aromatic ring is 1. The summed E-state index contributed by atoms with van der Waals surface area (Å²) in [4.78, 5) is 2.12. The van der Waals surface area contributed by atoms with Gasteiger partial charge in [0.2, 0.25) is 0 Å². The zero-order valence-corrected chi connectivity index (χ0v) is 8.93. The minimum absolute atomic E-state index is 0.148. The Hall–Kier alpha value is -1.10. The topological polar surface area (TPSA) is 47.1 Å². The number of hydrogen-bond donors (Lipinski definition) is 1. The third-order valence-corrected chi connectivity index (χ3v) is 3.00. The van der Waals surface area contributed by atoms with Gasteiger partial charge in [-0.2, -0.15) is 5.10 Å². The van der Waals surface area contributed by atoms with Crippen molar-refractivity contribution in [3.05, 3.63) is 12.4 Å². The molecule has 2 atom stereocenters. The molecule has 0 spiro atoms. The summed E-state index contributed by atoms with van der Waals surface area (Å²) in [6, 6.07) is -0.148. The van der Waals surface area contributed by atoms with Crippen LogP contribution in [0.25, 0.3) is 0 Å². The van der Waals surface area contributed by atoms with Crippen LogP contribution < -0.4 is 5.73 Å². The maximum absolute atomic E-state index is 13.8. The number of piperidine rings is 1. The van der Waals surface area contributed by atoms with E-state index in [2.05, 4.69) is 16.9 Å². The van der Waals surface area contributed by atoms with Crippen LogP contribution in [0.3, 0.4) is 0 Å². The van der Waals surface area contributed by atoms with E-state index in [1.807, 2.05) is 0 Å². The molecule has 0 radical (unpaired) electrons. The van der Waals surface area contributed by atoms with Crippen LogP contribution in [0, 0.1) is 0 Å². The van der Waals surface area contributed by atoms with E-state index >= 15 is 0 Å². The zero-order valence-electron chi connectivity index (χ0n) is 8.93. The van der Waals surface area contributed by atoms with E-state index < -0.39 is 6.17 Å². The number of anilines is 1. The molecule has 0 aliphatic carbocycles. The first-order chi connectivity index (χ1) is 7.20. The predicted octanol–water partition coefficient (Wildman–Crippen LogP) is 1.07. The van der Waals surface area contributed by atoms with E-state index in [4.69, 9.17) is 5.73 Å². The molecule has 1 saturated heterocycles. The number of nitrogens with two attached hydrogens (primary N) is 1. The monoisotopic (exact) mass is 212 g/mol. The molecule has 84 valence electrons. The molecule has 2 rings (SSSR count). The van der Waals surface area contributed by atoms with Gasteiger partial charge in [0.05, 0.1) is 17.9 Å². The van der Waals surface area contributed by atoms with Gasteiger partial charge in [0.1, 0.15) is 6.17 Å². The van der Waals surface area contributed by atoms with Crippen molar-refractivity contribution in [3.8, 4) is 0 Å². The maximum Gasteiger partial charge on any atom is 0.135 e. The zero-order chi connectivity index (χ0) is 10.8. The van der Waals surface area contributed by atoms with Gasteiger partial charge in [-0.25, -0.2) is 4.39 Å². The molecule has 4 nitrogen and oxygen atoms in total. The highest BCUT2D eigenvalue weighted by Gasteiger charge is 2.30. The molecule has 1 aliphatic rings. The first-order valence-corrected chi connectivity index (χ1v) is 5.36. The second-order valence-corrected chi connectivity index (χ2v) is 4.02. The molecule has 0 saturated carbocycles. The van der Waals surface area contributed by atoms with Gasteiger partial charge >= 0.3 is 0 Å². The number of aromatic nitrogens is 2. The van der Waals surface area contributed by atoms with Crippen molar-refractivity contribution in [1.82, 2.24) is 14.7 Å². The summed E-state index contributed by atoms with van der Waals surface area (Å²) in [5.41, 5.74) is 6.17. The standard InChI is InChI=1S/C10H17FN4/c1-2-14-4-3-10(9(11)7-14)15-6-8(12)5-13-15/h5-6,9-10H,2-4,7,12H2,1H3. The van der Waals surface area contributed by atoms with Gasteiger partial charge in [0, 0.05) is 19.3 Å². The quantitative estimate of drug-likeness (QED) is 0.797. The van der Waals surface area contributed by atoms with Gasteiger partial charge in [-0.1, -0.05) is 6.92 Å². The van der Waals surface area contributed by atoms with Gasteiger partial charge in [-0.3, -0.25) is 4.68 Å². The lowest BCUT2D eigenvalue weighted by Crippen LogP contribution is -2.42. The van der Waals surface area contributed by atoms with Crippen molar-refractivity contribution >= 4 is 5.69 Å². The van der Waals surface area contributed by atoms with Crippen LogP contribution in [0.15, 0.2) is 12.4 Å². The molecule has 2 heterocycles. The normalized spacial score (nSPS) is 28.1. The van der Waals surface area contributed by atoms with Crippen LogP contribution in [-0.2, 0) is 0 Å². The second-order valence-electron chi connectivity index (χ2n) is 4.02. The lowest BCUT2D eigenvalue weighted by Gasteiger charge is -2.33. The smallest absolute Gasteiger partial charge is 0.135 e. The van der Waals surface area contributed by atoms with Crippen LogP contribution in [0.4, 0.5) is 10.1 Å². The van der Waals surface area contributed by atoms with Gasteiger partial charge in [0.15, 0.2) is 0 Å². The lowest BCUT2D eigenvalue weighted by atomic mass is 10.0. The number of hydrogen-bond acceptors (Lipinski definition) is 3. The molecule has 1 fully saturated rings. The van der Waals surface area contributed by atoms with Gasteiger partial charge in [-0.15, -0.1) is 0 Å². The third kappa shape index (κ3) is 2.12. The Morgan fingerprint density at radius 3 is 3.00 bits per heavy atom. The number of likely N-dealkylation sites (tertiary alicyclic amines) is 1. The van der Waals surface area contributed by atoms with E-state index in [1.165, 1.54) is 0 Å². The highest BCUT2D eigenvalue weighted by atomic mass is 19.1. The van der Waals surface area contributed by atoms with Gasteiger partial charge < -0.3 is 10.6 Å². The van der Waals surface area contributed by atoms with E-state index in [9.17, 15) is 4.39 Å². The Balaban J connectivity index is 2.05. The summed E-state index contributed by atoms with van der Waals surface area (Å²) >= 11 is 0. The minimum Gasteiger partial charge on any atom is -0.396 e. The molecule has 0 amide bonds. The third-order valence-electron chi connectivity index (χ3n) is 3.00. The van der Waals surface area contributed by atoms with E-state index in [0.29, 0.717) is 12.2 Å². The Morgan fingerprint density at radius 2 is 2.47 bits per heavy atom. The summed E-state index contributed by atoms with van der Waals surface area (Å²) in [6.45, 7) is 4.40. The first-order valence-electron chi connectivity index (χ1n) is 5.36. The fourth-order valence-corrected chi connectivity index (χ4v) is 2.07. The van der Waals surface area contributed by atoms with Crippen LogP contribution in [0.2, 0.25) is 0 Å². The van der Waals surface area contributed by atoms with Crippen LogP contribution in [0.5, 0.6) is 0 Å². The molecule has 2 unspecified atom stereocenters. The Morgan fingerprint density at radius 1 is 1.67 bits per heavy atom. The van der Waals surface area contributed by atoms with Crippen LogP contribution >= 0.6 is 0 Å². The Bertz CT molecular complexity index is 325. The number of halogens is 1. The summed E-state index contributed by atoms with van der Waals surface area (Å²) in [7, 11) is 0. The fourth-order valence-electron chi connectivity index (χ4n) is 2.07. The van der Waals surface area contributed by atoms with E-state index in [1.54, 1.807) is 17.1 Å². The van der Waals surface area contributed by atoms with Crippen molar-refractivity contribution in [2.75, 3.05) is 25.4 Å². The van der Waals surface area contributed by atoms with Crippen molar-refractivity contribution in [1.29, 1.82) is 0 Å². The van der Waals surface area contributed by atoms with Crippen LogP contribution in [0.1, 0.15) is 19.4 Å². The van der Waals surface area contributed by atoms with Crippen molar-refractivity contribution in [2.24, 2.45) is 0 Å². The maximum atomic E-state index is 13.8. The molecular formula is C10H17FN4. The molecule has 1 aromatic rings. The average Bonchev–Trinajstić information content (AvgIpc) is 2.64. The molecule has 1 aromatic heterocycles. The lowest BCUT2D eigenvalue weighted by molar-refractivity contribution is 0.0875. The highest BCUT2D eigenvalue weighted by Crippen LogP contribution is 2.25. The summed E-state index contributed by atoms with van der Waals surface area (Å²) < 4.78 is 15.5. The minimum atomic E-state index is -0.849. The Kier molecular flexibility index (Phi) is 2.90. The molecular weight excluding hydrogens is 195 g/mol. The Labute approximate surface area is 88.9 Å². The highest BCUT2D eigenvalue weighted by molar-refractivity contribution is 5.30. The van der Waals surface area contributed by atoms with Gasteiger partial charge in [0.25, 0.3) is 0 Å². The number of nitrogens with zero attached hydrogens (tertiary/aromatic N) is 3. The SMILES string of the molecule is CCN1CCC(n2cc(N)cn2)C(F)C1. The molecule has 15 heavy (non-hydrogen) atoms. The van der Waals surface area contributed by atoms with E-state index in [-0.39, 0.29) is 6.04 Å². The second kappa shape index (κ2) is 4.18. The van der Waals surface area contributed by atoms with E-state index in [0.717, 1.165) is 19.5 Å². The molecule has 2 N–H and O–H groups in total. The van der Waals surface area contributed by atoms with Crippen molar-refractivity contribution in [3.63, 3.8) is 0 Å². The summed E-state index contributed by atoms with van der Waals surface area (Å²) in [6.07, 6.45) is 3.23. The molecule has 5 heteroatoms. The summed E-state index contributed by atoms with van der Waals surface area (Å²) in [5.74, 6) is 0. The predicted molar refractivity (Wildman–Crippen MR) is 57.3 cm³/mol. The molecule has 0 bridgehead atoms. The first kappa shape index (κ1) is 10.4. The van der Waals surface area contributed by atoms with Crippen molar-refractivity contribution in [2.45, 2.75) is 25.6 Å². The largest absolute Gasteiger partial charge is 0.396 e. The average molecular weight is 212 g/mol. The number of rotatable bonds is 2. The van der Waals surface area contributed by atoms with Crippen LogP contribution in [-0.4, -0.2) is 40.5 Å².